The van der Waals surface area contributed by atoms with Gasteiger partial charge in [0.2, 0.25) is 15.9 Å². The number of nitrogens with one attached hydrogen (secondary N) is 1. The first-order chi connectivity index (χ1) is 15.3. The Bertz CT molecular complexity index is 1060. The summed E-state index contributed by atoms with van der Waals surface area (Å²) in [5, 5.41) is 3.66. The van der Waals surface area contributed by atoms with Gasteiger partial charge in [0.15, 0.2) is 5.11 Å². The molecular formula is C21H25ClN4O4S2. The van der Waals surface area contributed by atoms with Crippen LogP contribution in [0.3, 0.4) is 0 Å². The van der Waals surface area contributed by atoms with E-state index in [0.717, 1.165) is 5.56 Å². The van der Waals surface area contributed by atoms with Crippen LogP contribution >= 0.6 is 23.8 Å². The largest absolute Gasteiger partial charge is 0.379 e. The van der Waals surface area contributed by atoms with Gasteiger partial charge in [-0.25, -0.2) is 8.42 Å². The van der Waals surface area contributed by atoms with Crippen LogP contribution in [-0.4, -0.2) is 61.5 Å². The first-order valence-electron chi connectivity index (χ1n) is 10.0. The molecule has 1 fully saturated rings. The summed E-state index contributed by atoms with van der Waals surface area (Å²) in [7, 11) is -3.69. The van der Waals surface area contributed by atoms with Crippen molar-refractivity contribution in [3.05, 3.63) is 59.1 Å². The number of hydrogen-bond acceptors (Lipinski definition) is 5. The molecule has 0 spiro atoms. The molecule has 1 amide bonds. The average molecular weight is 497 g/mol. The number of thiocarbonyl (C=S) groups is 1. The second-order valence-electron chi connectivity index (χ2n) is 7.21. The molecule has 0 aliphatic carbocycles. The molecule has 172 valence electrons. The Hall–Kier alpha value is -2.24. The van der Waals surface area contributed by atoms with Gasteiger partial charge in [0.05, 0.1) is 28.8 Å². The zero-order valence-corrected chi connectivity index (χ0v) is 19.8. The fraction of sp³-hybridized carbons (Fsp3) is 0.333. The molecule has 0 radical (unpaired) electrons. The van der Waals surface area contributed by atoms with Gasteiger partial charge >= 0.3 is 0 Å². The summed E-state index contributed by atoms with van der Waals surface area (Å²) in [5.74, 6) is -0.442. The van der Waals surface area contributed by atoms with Crippen LogP contribution in [0.25, 0.3) is 0 Å². The molecule has 0 saturated carbocycles. The van der Waals surface area contributed by atoms with Crippen LogP contribution in [-0.2, 0) is 26.1 Å². The normalized spacial score (nSPS) is 14.7. The number of rotatable bonds is 8. The second-order valence-corrected chi connectivity index (χ2v) is 9.94. The number of anilines is 1. The maximum Gasteiger partial charge on any atom is 0.243 e. The van der Waals surface area contributed by atoms with Crippen molar-refractivity contribution >= 4 is 50.5 Å². The monoisotopic (exact) mass is 496 g/mol. The number of halogens is 1. The molecule has 1 aliphatic rings. The van der Waals surface area contributed by atoms with Crippen molar-refractivity contribution in [2.75, 3.05) is 38.2 Å². The van der Waals surface area contributed by atoms with Gasteiger partial charge in [-0.05, 0) is 36.0 Å². The van der Waals surface area contributed by atoms with Gasteiger partial charge in [-0.3, -0.25) is 4.79 Å². The minimum atomic E-state index is -3.69. The summed E-state index contributed by atoms with van der Waals surface area (Å²) >= 11 is 11.9. The average Bonchev–Trinajstić information content (AvgIpc) is 2.79. The smallest absolute Gasteiger partial charge is 0.243 e. The fourth-order valence-corrected chi connectivity index (χ4v) is 5.06. The summed E-state index contributed by atoms with van der Waals surface area (Å²) in [5.41, 5.74) is 6.68. The van der Waals surface area contributed by atoms with Gasteiger partial charge in [-0.1, -0.05) is 41.9 Å². The van der Waals surface area contributed by atoms with Gasteiger partial charge in [0.25, 0.3) is 0 Å². The van der Waals surface area contributed by atoms with E-state index in [1.54, 1.807) is 4.90 Å². The van der Waals surface area contributed by atoms with Crippen LogP contribution in [0.15, 0.2) is 53.4 Å². The van der Waals surface area contributed by atoms with E-state index in [1.807, 2.05) is 30.3 Å². The van der Waals surface area contributed by atoms with E-state index >= 15 is 0 Å². The molecule has 3 rings (SSSR count). The summed E-state index contributed by atoms with van der Waals surface area (Å²) in [6, 6.07) is 14.1. The quantitative estimate of drug-likeness (QED) is 0.541. The Morgan fingerprint density at radius 3 is 2.53 bits per heavy atom. The van der Waals surface area contributed by atoms with Crippen LogP contribution < -0.4 is 11.1 Å². The molecule has 1 heterocycles. The van der Waals surface area contributed by atoms with Gasteiger partial charge in [0, 0.05) is 32.6 Å². The Morgan fingerprint density at radius 2 is 1.88 bits per heavy atom. The molecule has 0 atom stereocenters. The standard InChI is InChI=1S/C21H25ClN4O4S2/c22-18-7-6-17(32(28,29)26-10-12-30-13-11-26)14-19(18)24-21(31)25(9-8-20(23)27)15-16-4-2-1-3-5-16/h1-7,14H,8-13,15H2,(H2,23,27)(H,24,31). The fourth-order valence-electron chi connectivity index (χ4n) is 3.19. The predicted molar refractivity (Wildman–Crippen MR) is 128 cm³/mol. The van der Waals surface area contributed by atoms with Gasteiger partial charge in [-0.2, -0.15) is 4.31 Å². The number of sulfonamides is 1. The summed E-state index contributed by atoms with van der Waals surface area (Å²) in [6.45, 7) is 2.06. The topological polar surface area (TPSA) is 105 Å². The minimum absolute atomic E-state index is 0.112. The highest BCUT2D eigenvalue weighted by molar-refractivity contribution is 7.89. The maximum atomic E-state index is 13.0. The van der Waals surface area contributed by atoms with E-state index in [0.29, 0.717) is 55.2 Å². The van der Waals surface area contributed by atoms with E-state index in [-0.39, 0.29) is 11.3 Å². The Morgan fingerprint density at radius 1 is 1.19 bits per heavy atom. The summed E-state index contributed by atoms with van der Waals surface area (Å²) in [4.78, 5) is 13.2. The number of nitrogens with zero attached hydrogens (tertiary/aromatic N) is 2. The van der Waals surface area contributed by atoms with Crippen molar-refractivity contribution in [3.63, 3.8) is 0 Å². The van der Waals surface area contributed by atoms with E-state index in [2.05, 4.69) is 5.32 Å². The third-order valence-corrected chi connectivity index (χ3v) is 7.50. The summed E-state index contributed by atoms with van der Waals surface area (Å²) < 4.78 is 32.6. The molecule has 1 saturated heterocycles. The van der Waals surface area contributed by atoms with Crippen molar-refractivity contribution in [3.8, 4) is 0 Å². The molecule has 0 aromatic heterocycles. The SMILES string of the molecule is NC(=O)CCN(Cc1ccccc1)C(=S)Nc1cc(S(=O)(=O)N2CCOCC2)ccc1Cl. The van der Waals surface area contributed by atoms with Crippen molar-refractivity contribution in [2.24, 2.45) is 5.73 Å². The number of nitrogens with two attached hydrogens (primary N) is 1. The molecular weight excluding hydrogens is 472 g/mol. The van der Waals surface area contributed by atoms with E-state index in [1.165, 1.54) is 22.5 Å². The molecule has 1 aliphatic heterocycles. The van der Waals surface area contributed by atoms with E-state index in [4.69, 9.17) is 34.3 Å². The zero-order chi connectivity index (χ0) is 23.1. The number of amides is 1. The first kappa shape index (κ1) is 24.4. The Kier molecular flexibility index (Phi) is 8.44. The lowest BCUT2D eigenvalue weighted by Crippen LogP contribution is -2.40. The molecule has 3 N–H and O–H groups in total. The lowest BCUT2D eigenvalue weighted by atomic mass is 10.2. The number of carbonyl (C=O) groups is 1. The number of ether oxygens (including phenoxy) is 1. The van der Waals surface area contributed by atoms with Crippen molar-refractivity contribution in [1.29, 1.82) is 0 Å². The summed E-state index contributed by atoms with van der Waals surface area (Å²) in [6.07, 6.45) is 0.119. The number of primary amides is 1. The molecule has 11 heteroatoms. The van der Waals surface area contributed by atoms with Crippen LogP contribution in [0, 0.1) is 0 Å². The maximum absolute atomic E-state index is 13.0. The van der Waals surface area contributed by atoms with E-state index in [9.17, 15) is 13.2 Å². The zero-order valence-electron chi connectivity index (χ0n) is 17.4. The second kappa shape index (κ2) is 11.1. The van der Waals surface area contributed by atoms with Crippen LogP contribution in [0.1, 0.15) is 12.0 Å². The third-order valence-electron chi connectivity index (χ3n) is 4.92. The highest BCUT2D eigenvalue weighted by atomic mass is 35.5. The number of benzene rings is 2. The van der Waals surface area contributed by atoms with Gasteiger partial charge < -0.3 is 20.7 Å². The molecule has 2 aromatic carbocycles. The Labute approximate surface area is 198 Å². The third kappa shape index (κ3) is 6.39. The minimum Gasteiger partial charge on any atom is -0.379 e. The molecule has 32 heavy (non-hydrogen) atoms. The number of hydrogen-bond donors (Lipinski definition) is 2. The predicted octanol–water partition coefficient (Wildman–Crippen LogP) is 2.44. The van der Waals surface area contributed by atoms with Crippen LogP contribution in [0.2, 0.25) is 5.02 Å². The number of carbonyl (C=O) groups excluding carboxylic acids is 1. The molecule has 8 nitrogen and oxygen atoms in total. The Balaban J connectivity index is 1.80. The highest BCUT2D eigenvalue weighted by Gasteiger charge is 2.27. The lowest BCUT2D eigenvalue weighted by Gasteiger charge is -2.27. The van der Waals surface area contributed by atoms with E-state index < -0.39 is 15.9 Å². The molecule has 0 unspecified atom stereocenters. The van der Waals surface area contributed by atoms with Gasteiger partial charge in [0.1, 0.15) is 0 Å². The van der Waals surface area contributed by atoms with Crippen LogP contribution in [0.5, 0.6) is 0 Å². The van der Waals surface area contributed by atoms with Crippen molar-refractivity contribution in [1.82, 2.24) is 9.21 Å². The van der Waals surface area contributed by atoms with Crippen LogP contribution in [0.4, 0.5) is 5.69 Å². The molecule has 0 bridgehead atoms. The first-order valence-corrected chi connectivity index (χ1v) is 12.3. The van der Waals surface area contributed by atoms with Crippen molar-refractivity contribution < 1.29 is 17.9 Å². The number of morpholine rings is 1. The molecule has 2 aromatic rings. The highest BCUT2D eigenvalue weighted by Crippen LogP contribution is 2.28. The lowest BCUT2D eigenvalue weighted by molar-refractivity contribution is -0.118. The van der Waals surface area contributed by atoms with Gasteiger partial charge in [-0.15, -0.1) is 0 Å². The van der Waals surface area contributed by atoms with Crippen molar-refractivity contribution in [2.45, 2.75) is 17.9 Å².